The van der Waals surface area contributed by atoms with Gasteiger partial charge in [0.2, 0.25) is 5.91 Å². The van der Waals surface area contributed by atoms with Crippen LogP contribution >= 0.6 is 0 Å². The summed E-state index contributed by atoms with van der Waals surface area (Å²) in [6, 6.07) is 11.3. The van der Waals surface area contributed by atoms with E-state index >= 15 is 0 Å². The zero-order chi connectivity index (χ0) is 19.4. The minimum atomic E-state index is -0.222. The Bertz CT molecular complexity index is 966. The molecule has 0 unspecified atom stereocenters. The standard InChI is InChI=1S/C20H21N3O4/c1-12-5-6-13(2)14(9-12)10-18(24)21-20-23-22-19(27-20)16-8-7-15(25-3)11-17(16)26-4/h5-9,11H,10H2,1-4H3,(H,21,23,24). The van der Waals surface area contributed by atoms with Crippen molar-refractivity contribution in [3.8, 4) is 23.0 Å². The first-order chi connectivity index (χ1) is 13.0. The van der Waals surface area contributed by atoms with Crippen molar-refractivity contribution in [2.45, 2.75) is 20.3 Å². The number of benzene rings is 2. The molecule has 7 heteroatoms. The van der Waals surface area contributed by atoms with Crippen LogP contribution in [0.15, 0.2) is 40.8 Å². The average molecular weight is 367 g/mol. The highest BCUT2D eigenvalue weighted by Gasteiger charge is 2.16. The van der Waals surface area contributed by atoms with Crippen LogP contribution in [0.25, 0.3) is 11.5 Å². The average Bonchev–Trinajstić information content (AvgIpc) is 3.12. The maximum absolute atomic E-state index is 12.3. The van der Waals surface area contributed by atoms with Gasteiger partial charge in [-0.05, 0) is 37.1 Å². The lowest BCUT2D eigenvalue weighted by atomic mass is 10.0. The molecule has 0 atom stereocenters. The summed E-state index contributed by atoms with van der Waals surface area (Å²) in [5.74, 6) is 1.21. The van der Waals surface area contributed by atoms with Crippen molar-refractivity contribution in [2.24, 2.45) is 0 Å². The third kappa shape index (κ3) is 4.25. The molecule has 3 rings (SSSR count). The number of amides is 1. The van der Waals surface area contributed by atoms with E-state index in [4.69, 9.17) is 13.9 Å². The number of methoxy groups -OCH3 is 2. The second-order valence-electron chi connectivity index (χ2n) is 6.13. The minimum Gasteiger partial charge on any atom is -0.497 e. The highest BCUT2D eigenvalue weighted by atomic mass is 16.5. The number of aromatic nitrogens is 2. The normalized spacial score (nSPS) is 10.5. The molecule has 3 aromatic rings. The molecule has 1 aromatic heterocycles. The lowest BCUT2D eigenvalue weighted by Gasteiger charge is -2.07. The molecule has 0 radical (unpaired) electrons. The van der Waals surface area contributed by atoms with E-state index in [0.29, 0.717) is 17.1 Å². The topological polar surface area (TPSA) is 86.5 Å². The number of ether oxygens (including phenoxy) is 2. The Morgan fingerprint density at radius 2 is 1.89 bits per heavy atom. The number of nitrogens with zero attached hydrogens (tertiary/aromatic N) is 2. The molecule has 0 aliphatic rings. The Kier molecular flexibility index (Phi) is 5.40. The molecule has 0 aliphatic carbocycles. The van der Waals surface area contributed by atoms with Gasteiger partial charge in [-0.2, -0.15) is 0 Å². The van der Waals surface area contributed by atoms with Crippen molar-refractivity contribution in [2.75, 3.05) is 19.5 Å². The Morgan fingerprint density at radius 3 is 2.63 bits per heavy atom. The van der Waals surface area contributed by atoms with Gasteiger partial charge in [0.05, 0.1) is 26.2 Å². The van der Waals surface area contributed by atoms with E-state index < -0.39 is 0 Å². The molecule has 2 aromatic carbocycles. The number of anilines is 1. The van der Waals surface area contributed by atoms with Gasteiger partial charge in [0.1, 0.15) is 11.5 Å². The molecule has 0 spiro atoms. The van der Waals surface area contributed by atoms with Crippen molar-refractivity contribution < 1.29 is 18.7 Å². The maximum Gasteiger partial charge on any atom is 0.322 e. The van der Waals surface area contributed by atoms with Gasteiger partial charge in [0, 0.05) is 6.07 Å². The smallest absolute Gasteiger partial charge is 0.322 e. The van der Waals surface area contributed by atoms with Crippen LogP contribution in [-0.2, 0) is 11.2 Å². The monoisotopic (exact) mass is 367 g/mol. The number of nitrogens with one attached hydrogen (secondary N) is 1. The van der Waals surface area contributed by atoms with Gasteiger partial charge in [0.25, 0.3) is 5.89 Å². The van der Waals surface area contributed by atoms with Gasteiger partial charge in [-0.1, -0.05) is 28.9 Å². The third-order valence-corrected chi connectivity index (χ3v) is 4.17. The van der Waals surface area contributed by atoms with Crippen LogP contribution in [0.3, 0.4) is 0 Å². The van der Waals surface area contributed by atoms with Gasteiger partial charge < -0.3 is 13.9 Å². The second-order valence-corrected chi connectivity index (χ2v) is 6.13. The zero-order valence-electron chi connectivity index (χ0n) is 15.7. The second kappa shape index (κ2) is 7.90. The molecular weight excluding hydrogens is 346 g/mol. The van der Waals surface area contributed by atoms with Crippen molar-refractivity contribution >= 4 is 11.9 Å². The molecule has 1 amide bonds. The highest BCUT2D eigenvalue weighted by Crippen LogP contribution is 2.33. The minimum absolute atomic E-state index is 0.0400. The molecule has 1 N–H and O–H groups in total. The number of hydrogen-bond donors (Lipinski definition) is 1. The summed E-state index contributed by atoms with van der Waals surface area (Å²) < 4.78 is 16.1. The summed E-state index contributed by atoms with van der Waals surface area (Å²) in [5.41, 5.74) is 3.74. The number of aryl methyl sites for hydroxylation is 2. The maximum atomic E-state index is 12.3. The van der Waals surface area contributed by atoms with Crippen LogP contribution in [0.4, 0.5) is 6.01 Å². The number of carbonyl (C=O) groups is 1. The highest BCUT2D eigenvalue weighted by molar-refractivity contribution is 5.90. The van der Waals surface area contributed by atoms with Crippen LogP contribution < -0.4 is 14.8 Å². The van der Waals surface area contributed by atoms with Gasteiger partial charge in [-0.15, -0.1) is 5.10 Å². The molecule has 0 aliphatic heterocycles. The predicted octanol–water partition coefficient (Wildman–Crippen LogP) is 3.55. The Labute approximate surface area is 157 Å². The zero-order valence-corrected chi connectivity index (χ0v) is 15.7. The van der Waals surface area contributed by atoms with E-state index in [0.717, 1.165) is 16.7 Å². The SMILES string of the molecule is COc1ccc(-c2nnc(NC(=O)Cc3cc(C)ccc3C)o2)c(OC)c1. The lowest BCUT2D eigenvalue weighted by molar-refractivity contribution is -0.115. The predicted molar refractivity (Wildman–Crippen MR) is 101 cm³/mol. The molecule has 1 heterocycles. The summed E-state index contributed by atoms with van der Waals surface area (Å²) in [7, 11) is 3.12. The fourth-order valence-corrected chi connectivity index (χ4v) is 2.68. The number of rotatable bonds is 6. The largest absolute Gasteiger partial charge is 0.497 e. The molecule has 0 saturated heterocycles. The first-order valence-corrected chi connectivity index (χ1v) is 8.42. The summed E-state index contributed by atoms with van der Waals surface area (Å²) in [5, 5.41) is 10.5. The molecule has 0 bridgehead atoms. The quantitative estimate of drug-likeness (QED) is 0.717. The molecule has 7 nitrogen and oxygen atoms in total. The summed E-state index contributed by atoms with van der Waals surface area (Å²) in [6.45, 7) is 3.97. The Morgan fingerprint density at radius 1 is 1.07 bits per heavy atom. The van der Waals surface area contributed by atoms with Gasteiger partial charge in [-0.3, -0.25) is 10.1 Å². The molecule has 27 heavy (non-hydrogen) atoms. The molecular formula is C20H21N3O4. The van der Waals surface area contributed by atoms with Crippen molar-refractivity contribution in [3.05, 3.63) is 53.1 Å². The van der Waals surface area contributed by atoms with Crippen LogP contribution in [0.1, 0.15) is 16.7 Å². The van der Waals surface area contributed by atoms with E-state index in [1.807, 2.05) is 32.0 Å². The van der Waals surface area contributed by atoms with Crippen LogP contribution in [-0.4, -0.2) is 30.3 Å². The van der Waals surface area contributed by atoms with Crippen molar-refractivity contribution in [3.63, 3.8) is 0 Å². The van der Waals surface area contributed by atoms with E-state index in [2.05, 4.69) is 15.5 Å². The summed E-state index contributed by atoms with van der Waals surface area (Å²) in [6.07, 6.45) is 0.233. The fourth-order valence-electron chi connectivity index (χ4n) is 2.68. The number of hydrogen-bond acceptors (Lipinski definition) is 6. The van der Waals surface area contributed by atoms with Crippen LogP contribution in [0.5, 0.6) is 11.5 Å². The fraction of sp³-hybridized carbons (Fsp3) is 0.250. The molecule has 0 saturated carbocycles. The Balaban J connectivity index is 1.74. The van der Waals surface area contributed by atoms with E-state index in [1.54, 1.807) is 32.4 Å². The summed E-state index contributed by atoms with van der Waals surface area (Å²) in [4.78, 5) is 12.3. The van der Waals surface area contributed by atoms with Gasteiger partial charge in [0.15, 0.2) is 0 Å². The molecule has 140 valence electrons. The number of carbonyl (C=O) groups excluding carboxylic acids is 1. The van der Waals surface area contributed by atoms with Crippen molar-refractivity contribution in [1.29, 1.82) is 0 Å². The van der Waals surface area contributed by atoms with Crippen LogP contribution in [0.2, 0.25) is 0 Å². The lowest BCUT2D eigenvalue weighted by Crippen LogP contribution is -2.15. The first kappa shape index (κ1) is 18.4. The third-order valence-electron chi connectivity index (χ3n) is 4.17. The van der Waals surface area contributed by atoms with E-state index in [9.17, 15) is 4.79 Å². The van der Waals surface area contributed by atoms with Gasteiger partial charge in [-0.25, -0.2) is 0 Å². The first-order valence-electron chi connectivity index (χ1n) is 8.42. The van der Waals surface area contributed by atoms with Crippen LogP contribution in [0, 0.1) is 13.8 Å². The van der Waals surface area contributed by atoms with Gasteiger partial charge >= 0.3 is 6.01 Å². The Hall–Kier alpha value is -3.35. The van der Waals surface area contributed by atoms with E-state index in [-0.39, 0.29) is 24.2 Å². The van der Waals surface area contributed by atoms with Crippen molar-refractivity contribution in [1.82, 2.24) is 10.2 Å². The molecule has 0 fully saturated rings. The van der Waals surface area contributed by atoms with E-state index in [1.165, 1.54) is 0 Å². The summed E-state index contributed by atoms with van der Waals surface area (Å²) >= 11 is 0.